The Morgan fingerprint density at radius 2 is 2.32 bits per heavy atom. The molecule has 2 rings (SSSR count). The minimum absolute atomic E-state index is 0.0759. The Balaban J connectivity index is 1.98. The van der Waals surface area contributed by atoms with Crippen molar-refractivity contribution in [2.75, 3.05) is 18.0 Å². The Morgan fingerprint density at radius 1 is 1.50 bits per heavy atom. The highest BCUT2D eigenvalue weighted by atomic mass is 16.5. The second-order valence-corrected chi connectivity index (χ2v) is 5.98. The van der Waals surface area contributed by atoms with Gasteiger partial charge in [0.15, 0.2) is 5.82 Å². The van der Waals surface area contributed by atoms with Gasteiger partial charge in [0.25, 0.3) is 0 Å². The lowest BCUT2D eigenvalue weighted by Crippen LogP contribution is -2.48. The summed E-state index contributed by atoms with van der Waals surface area (Å²) in [7, 11) is 0. The Morgan fingerprint density at radius 3 is 3.05 bits per heavy atom. The number of amides is 1. The second kappa shape index (κ2) is 7.96. The summed E-state index contributed by atoms with van der Waals surface area (Å²) >= 11 is 0. The Hall–Kier alpha value is -1.85. The third-order valence-electron chi connectivity index (χ3n) is 3.54. The van der Waals surface area contributed by atoms with Crippen LogP contribution in [0.15, 0.2) is 12.4 Å². The fraction of sp³-hybridized carbons (Fsp3) is 0.688. The van der Waals surface area contributed by atoms with Crippen molar-refractivity contribution >= 4 is 11.7 Å². The van der Waals surface area contributed by atoms with Crippen LogP contribution in [0.3, 0.4) is 0 Å². The summed E-state index contributed by atoms with van der Waals surface area (Å²) in [5, 5.41) is 3.11. The van der Waals surface area contributed by atoms with Gasteiger partial charge < -0.3 is 15.0 Å². The molecule has 0 unspecified atom stereocenters. The molecule has 1 N–H and O–H groups in total. The first kappa shape index (κ1) is 16.5. The zero-order valence-corrected chi connectivity index (χ0v) is 13.7. The second-order valence-electron chi connectivity index (χ2n) is 5.98. The van der Waals surface area contributed by atoms with E-state index in [1.54, 1.807) is 12.4 Å². The van der Waals surface area contributed by atoms with Crippen LogP contribution in [0.5, 0.6) is 5.88 Å². The van der Waals surface area contributed by atoms with Gasteiger partial charge in [0.2, 0.25) is 11.8 Å². The van der Waals surface area contributed by atoms with Gasteiger partial charge in [-0.15, -0.1) is 0 Å². The predicted molar refractivity (Wildman–Crippen MR) is 86.1 cm³/mol. The van der Waals surface area contributed by atoms with E-state index in [0.717, 1.165) is 38.2 Å². The van der Waals surface area contributed by atoms with Gasteiger partial charge in [0.1, 0.15) is 0 Å². The lowest BCUT2D eigenvalue weighted by atomic mass is 10.1. The van der Waals surface area contributed by atoms with Gasteiger partial charge in [-0.1, -0.05) is 6.92 Å². The molecular formula is C16H26N4O2. The monoisotopic (exact) mass is 306 g/mol. The maximum absolute atomic E-state index is 11.8. The summed E-state index contributed by atoms with van der Waals surface area (Å²) in [5.74, 6) is 1.49. The topological polar surface area (TPSA) is 67.4 Å². The largest absolute Gasteiger partial charge is 0.474 e. The van der Waals surface area contributed by atoms with Crippen molar-refractivity contribution < 1.29 is 9.53 Å². The fourth-order valence-corrected chi connectivity index (χ4v) is 2.62. The van der Waals surface area contributed by atoms with Crippen LogP contribution in [0.1, 0.15) is 46.5 Å². The molecule has 0 saturated carbocycles. The van der Waals surface area contributed by atoms with Crippen LogP contribution in [0.2, 0.25) is 0 Å². The normalized spacial score (nSPS) is 18.4. The highest BCUT2D eigenvalue weighted by Crippen LogP contribution is 2.20. The van der Waals surface area contributed by atoms with Crippen LogP contribution in [0.25, 0.3) is 0 Å². The molecule has 1 atom stereocenters. The molecule has 1 aromatic rings. The first-order chi connectivity index (χ1) is 10.6. The average Bonchev–Trinajstić information content (AvgIpc) is 2.47. The number of carbonyl (C=O) groups is 1. The summed E-state index contributed by atoms with van der Waals surface area (Å²) in [6, 6.07) is 0.185. The number of hydrogen-bond acceptors (Lipinski definition) is 5. The molecule has 1 aliphatic rings. The third-order valence-corrected chi connectivity index (χ3v) is 3.54. The summed E-state index contributed by atoms with van der Waals surface area (Å²) in [5.41, 5.74) is 0. The maximum Gasteiger partial charge on any atom is 0.234 e. The quantitative estimate of drug-likeness (QED) is 0.872. The van der Waals surface area contributed by atoms with Gasteiger partial charge >= 0.3 is 0 Å². The zero-order valence-electron chi connectivity index (χ0n) is 13.7. The first-order valence-electron chi connectivity index (χ1n) is 8.11. The SMILES string of the molecule is CCCC(=O)N[C@@H]1CCCN(c2cncc(OC(C)C)n2)C1. The van der Waals surface area contributed by atoms with Crippen LogP contribution in [0.4, 0.5) is 5.82 Å². The van der Waals surface area contributed by atoms with E-state index in [9.17, 15) is 4.79 Å². The molecule has 1 saturated heterocycles. The van der Waals surface area contributed by atoms with Crippen molar-refractivity contribution in [3.05, 3.63) is 12.4 Å². The van der Waals surface area contributed by atoms with E-state index in [4.69, 9.17) is 4.74 Å². The highest BCUT2D eigenvalue weighted by molar-refractivity contribution is 5.76. The first-order valence-corrected chi connectivity index (χ1v) is 8.11. The van der Waals surface area contributed by atoms with E-state index in [1.165, 1.54) is 0 Å². The smallest absolute Gasteiger partial charge is 0.234 e. The van der Waals surface area contributed by atoms with Crippen LogP contribution in [0, 0.1) is 0 Å². The van der Waals surface area contributed by atoms with Crippen LogP contribution in [-0.2, 0) is 4.79 Å². The van der Waals surface area contributed by atoms with Gasteiger partial charge in [0, 0.05) is 25.6 Å². The van der Waals surface area contributed by atoms with Gasteiger partial charge in [-0.05, 0) is 33.1 Å². The number of anilines is 1. The standard InChI is InChI=1S/C16H26N4O2/c1-4-6-15(21)18-13-7-5-8-20(11-13)14-9-17-10-16(19-14)22-12(2)3/h9-10,12-13H,4-8,11H2,1-3H3,(H,18,21)/t13-/m1/s1. The van der Waals surface area contributed by atoms with E-state index >= 15 is 0 Å². The summed E-state index contributed by atoms with van der Waals surface area (Å²) in [6.07, 6.45) is 6.98. The summed E-state index contributed by atoms with van der Waals surface area (Å²) in [4.78, 5) is 22.6. The minimum atomic E-state index is 0.0759. The van der Waals surface area contributed by atoms with E-state index in [2.05, 4.69) is 20.2 Å². The van der Waals surface area contributed by atoms with Crippen LogP contribution >= 0.6 is 0 Å². The van der Waals surface area contributed by atoms with Crippen molar-refractivity contribution in [2.45, 2.75) is 58.6 Å². The number of hydrogen-bond donors (Lipinski definition) is 1. The third kappa shape index (κ3) is 4.86. The van der Waals surface area contributed by atoms with E-state index in [0.29, 0.717) is 12.3 Å². The molecule has 122 valence electrons. The minimum Gasteiger partial charge on any atom is -0.474 e. The number of rotatable bonds is 6. The molecule has 0 spiro atoms. The Kier molecular flexibility index (Phi) is 5.98. The van der Waals surface area contributed by atoms with Crippen molar-refractivity contribution in [1.29, 1.82) is 0 Å². The number of nitrogens with zero attached hydrogens (tertiary/aromatic N) is 3. The van der Waals surface area contributed by atoms with Crippen molar-refractivity contribution in [1.82, 2.24) is 15.3 Å². The summed E-state index contributed by atoms with van der Waals surface area (Å²) < 4.78 is 5.60. The lowest BCUT2D eigenvalue weighted by Gasteiger charge is -2.33. The number of ether oxygens (including phenoxy) is 1. The fourth-order valence-electron chi connectivity index (χ4n) is 2.62. The molecule has 0 radical (unpaired) electrons. The van der Waals surface area contributed by atoms with Crippen LogP contribution < -0.4 is 15.0 Å². The molecule has 22 heavy (non-hydrogen) atoms. The van der Waals surface area contributed by atoms with Crippen LogP contribution in [-0.4, -0.2) is 41.1 Å². The molecule has 0 aliphatic carbocycles. The molecule has 1 aliphatic heterocycles. The molecule has 2 heterocycles. The number of aromatic nitrogens is 2. The van der Waals surface area contributed by atoms with Crippen molar-refractivity contribution in [3.63, 3.8) is 0 Å². The predicted octanol–water partition coefficient (Wildman–Crippen LogP) is 2.15. The van der Waals surface area contributed by atoms with Gasteiger partial charge in [-0.25, -0.2) is 0 Å². The molecule has 1 amide bonds. The Bertz CT molecular complexity index is 493. The molecule has 0 aromatic carbocycles. The zero-order chi connectivity index (χ0) is 15.9. The lowest BCUT2D eigenvalue weighted by molar-refractivity contribution is -0.121. The molecule has 1 fully saturated rings. The number of carbonyl (C=O) groups excluding carboxylic acids is 1. The van der Waals surface area contributed by atoms with Crippen molar-refractivity contribution in [2.24, 2.45) is 0 Å². The average molecular weight is 306 g/mol. The Labute approximate surface area is 132 Å². The molecular weight excluding hydrogens is 280 g/mol. The van der Waals surface area contributed by atoms with Gasteiger partial charge in [-0.3, -0.25) is 9.78 Å². The maximum atomic E-state index is 11.8. The molecule has 6 nitrogen and oxygen atoms in total. The molecule has 0 bridgehead atoms. The van der Waals surface area contributed by atoms with E-state index in [-0.39, 0.29) is 18.1 Å². The molecule has 1 aromatic heterocycles. The van der Waals surface area contributed by atoms with E-state index < -0.39 is 0 Å². The molecule has 6 heteroatoms. The number of piperidine rings is 1. The summed E-state index contributed by atoms with van der Waals surface area (Å²) in [6.45, 7) is 7.65. The van der Waals surface area contributed by atoms with E-state index in [1.807, 2.05) is 20.8 Å². The van der Waals surface area contributed by atoms with Gasteiger partial charge in [0.05, 0.1) is 18.5 Å². The highest BCUT2D eigenvalue weighted by Gasteiger charge is 2.22. The van der Waals surface area contributed by atoms with Crippen molar-refractivity contribution in [3.8, 4) is 5.88 Å². The number of nitrogens with one attached hydrogen (secondary N) is 1. The van der Waals surface area contributed by atoms with Gasteiger partial charge in [-0.2, -0.15) is 4.98 Å².